The van der Waals surface area contributed by atoms with Crippen LogP contribution in [0.4, 0.5) is 9.18 Å². The highest BCUT2D eigenvalue weighted by atomic mass is 32.2. The molecule has 3 rings (SSSR count). The Hall–Kier alpha value is -1.80. The molecule has 3 amide bonds. The SMILES string of the molecule is O=C1N[C@@]2(CCSC2)C(=O)N1C[C@@H](O)COc1ccc(F)cc1. The Morgan fingerprint density at radius 3 is 2.78 bits per heavy atom. The largest absolute Gasteiger partial charge is 0.491 e. The van der Waals surface area contributed by atoms with E-state index in [1.165, 1.54) is 24.3 Å². The van der Waals surface area contributed by atoms with Crippen LogP contribution < -0.4 is 10.1 Å². The molecule has 2 atom stereocenters. The van der Waals surface area contributed by atoms with Gasteiger partial charge in [-0.1, -0.05) is 0 Å². The first-order valence-corrected chi connectivity index (χ1v) is 8.44. The van der Waals surface area contributed by atoms with E-state index >= 15 is 0 Å². The number of hydrogen-bond acceptors (Lipinski definition) is 5. The fraction of sp³-hybridized carbons (Fsp3) is 0.467. The van der Waals surface area contributed by atoms with Gasteiger partial charge in [0.15, 0.2) is 0 Å². The number of urea groups is 1. The van der Waals surface area contributed by atoms with Crippen LogP contribution in [-0.4, -0.2) is 58.2 Å². The van der Waals surface area contributed by atoms with Crippen LogP contribution in [0.3, 0.4) is 0 Å². The molecule has 0 bridgehead atoms. The standard InChI is InChI=1S/C15H17FN2O4S/c16-10-1-3-12(4-2-10)22-8-11(19)7-18-13(20)15(17-14(18)21)5-6-23-9-15/h1-4,11,19H,5-9H2,(H,17,21)/t11-,15-/m1/s1. The van der Waals surface area contributed by atoms with Gasteiger partial charge in [0.05, 0.1) is 6.54 Å². The predicted octanol–water partition coefficient (Wildman–Crippen LogP) is 0.993. The number of rotatable bonds is 5. The van der Waals surface area contributed by atoms with Crippen molar-refractivity contribution >= 4 is 23.7 Å². The number of hydrogen-bond donors (Lipinski definition) is 2. The number of thioether (sulfide) groups is 1. The van der Waals surface area contributed by atoms with Gasteiger partial charge in [0.25, 0.3) is 5.91 Å². The van der Waals surface area contributed by atoms with Crippen molar-refractivity contribution in [1.29, 1.82) is 0 Å². The molecule has 0 saturated carbocycles. The molecule has 0 radical (unpaired) electrons. The van der Waals surface area contributed by atoms with Crippen molar-refractivity contribution in [3.8, 4) is 5.75 Å². The number of β-amino-alcohol motifs (C(OH)–C–C–N with tert-alkyl or cyclic N) is 1. The molecule has 23 heavy (non-hydrogen) atoms. The van der Waals surface area contributed by atoms with E-state index in [4.69, 9.17) is 4.74 Å². The van der Waals surface area contributed by atoms with Crippen molar-refractivity contribution in [3.05, 3.63) is 30.1 Å². The summed E-state index contributed by atoms with van der Waals surface area (Å²) in [5, 5.41) is 12.8. The molecule has 1 aromatic carbocycles. The topological polar surface area (TPSA) is 78.9 Å². The maximum absolute atomic E-state index is 12.8. The number of nitrogens with zero attached hydrogens (tertiary/aromatic N) is 1. The third-order valence-corrected chi connectivity index (χ3v) is 5.11. The number of benzene rings is 1. The van der Waals surface area contributed by atoms with Gasteiger partial charge in [-0.25, -0.2) is 9.18 Å². The number of carbonyl (C=O) groups is 2. The number of amides is 3. The van der Waals surface area contributed by atoms with Crippen LogP contribution in [0.25, 0.3) is 0 Å². The molecule has 2 N–H and O–H groups in total. The van der Waals surface area contributed by atoms with Gasteiger partial charge >= 0.3 is 6.03 Å². The summed E-state index contributed by atoms with van der Waals surface area (Å²) in [5.41, 5.74) is -0.806. The summed E-state index contributed by atoms with van der Waals surface area (Å²) in [6, 6.07) is 4.92. The quantitative estimate of drug-likeness (QED) is 0.782. The summed E-state index contributed by atoms with van der Waals surface area (Å²) in [5.74, 6) is 1.14. The highest BCUT2D eigenvalue weighted by molar-refractivity contribution is 7.99. The number of nitrogens with one attached hydrogen (secondary N) is 1. The molecular weight excluding hydrogens is 323 g/mol. The molecule has 0 unspecified atom stereocenters. The average Bonchev–Trinajstić information content (AvgIpc) is 3.08. The van der Waals surface area contributed by atoms with Crippen molar-refractivity contribution in [2.24, 2.45) is 0 Å². The third kappa shape index (κ3) is 3.28. The zero-order valence-corrected chi connectivity index (χ0v) is 13.1. The minimum atomic E-state index is -1.01. The zero-order valence-electron chi connectivity index (χ0n) is 12.3. The van der Waals surface area contributed by atoms with Gasteiger partial charge in [0, 0.05) is 5.75 Å². The predicted molar refractivity (Wildman–Crippen MR) is 82.8 cm³/mol. The van der Waals surface area contributed by atoms with Gasteiger partial charge in [-0.2, -0.15) is 11.8 Å². The van der Waals surface area contributed by atoms with Crippen LogP contribution >= 0.6 is 11.8 Å². The van der Waals surface area contributed by atoms with Crippen LogP contribution in [0.15, 0.2) is 24.3 Å². The lowest BCUT2D eigenvalue weighted by molar-refractivity contribution is -0.131. The molecule has 2 aliphatic rings. The first-order chi connectivity index (χ1) is 11.0. The fourth-order valence-corrected chi connectivity index (χ4v) is 3.99. The lowest BCUT2D eigenvalue weighted by Gasteiger charge is -2.21. The van der Waals surface area contributed by atoms with Gasteiger partial charge in [-0.15, -0.1) is 0 Å². The van der Waals surface area contributed by atoms with Crippen LogP contribution in [0, 0.1) is 5.82 Å². The van der Waals surface area contributed by atoms with E-state index in [0.29, 0.717) is 17.9 Å². The van der Waals surface area contributed by atoms with Crippen LogP contribution in [-0.2, 0) is 4.79 Å². The molecule has 2 saturated heterocycles. The second-order valence-electron chi connectivity index (χ2n) is 5.65. The number of ether oxygens (including phenoxy) is 1. The van der Waals surface area contributed by atoms with E-state index in [0.717, 1.165) is 10.7 Å². The summed E-state index contributed by atoms with van der Waals surface area (Å²) in [7, 11) is 0. The van der Waals surface area contributed by atoms with E-state index in [1.54, 1.807) is 11.8 Å². The molecule has 2 aliphatic heterocycles. The van der Waals surface area contributed by atoms with E-state index in [-0.39, 0.29) is 24.9 Å². The maximum Gasteiger partial charge on any atom is 0.325 e. The van der Waals surface area contributed by atoms with Crippen LogP contribution in [0.5, 0.6) is 5.75 Å². The number of aliphatic hydroxyl groups is 1. The molecule has 1 aromatic rings. The van der Waals surface area contributed by atoms with E-state index in [2.05, 4.69) is 5.32 Å². The molecule has 6 nitrogen and oxygen atoms in total. The van der Waals surface area contributed by atoms with E-state index in [1.807, 2.05) is 0 Å². The lowest BCUT2D eigenvalue weighted by atomic mass is 9.99. The first-order valence-electron chi connectivity index (χ1n) is 7.28. The normalized spacial score (nSPS) is 25.0. The highest BCUT2D eigenvalue weighted by Crippen LogP contribution is 2.33. The van der Waals surface area contributed by atoms with Crippen molar-refractivity contribution in [3.63, 3.8) is 0 Å². The Morgan fingerprint density at radius 2 is 2.13 bits per heavy atom. The lowest BCUT2D eigenvalue weighted by Crippen LogP contribution is -2.47. The molecule has 2 fully saturated rings. The highest BCUT2D eigenvalue weighted by Gasteiger charge is 2.53. The minimum Gasteiger partial charge on any atom is -0.491 e. The summed E-state index contributed by atoms with van der Waals surface area (Å²) < 4.78 is 18.1. The number of halogens is 1. The van der Waals surface area contributed by atoms with Gasteiger partial charge in [0.1, 0.15) is 29.8 Å². The molecule has 124 valence electrons. The van der Waals surface area contributed by atoms with E-state index in [9.17, 15) is 19.1 Å². The van der Waals surface area contributed by atoms with Crippen molar-refractivity contribution < 1.29 is 23.8 Å². The summed E-state index contributed by atoms with van der Waals surface area (Å²) in [4.78, 5) is 25.5. The van der Waals surface area contributed by atoms with E-state index < -0.39 is 17.7 Å². The fourth-order valence-electron chi connectivity index (χ4n) is 2.66. The summed E-state index contributed by atoms with van der Waals surface area (Å²) >= 11 is 1.63. The smallest absolute Gasteiger partial charge is 0.325 e. The van der Waals surface area contributed by atoms with Gasteiger partial charge in [0.2, 0.25) is 0 Å². The Kier molecular flexibility index (Phi) is 4.45. The summed E-state index contributed by atoms with van der Waals surface area (Å²) in [6.07, 6.45) is -0.403. The van der Waals surface area contributed by atoms with Crippen molar-refractivity contribution in [2.45, 2.75) is 18.1 Å². The Labute approximate surface area is 137 Å². The second-order valence-corrected chi connectivity index (χ2v) is 6.75. The summed E-state index contributed by atoms with van der Waals surface area (Å²) in [6.45, 7) is -0.220. The number of imide groups is 1. The minimum absolute atomic E-state index is 0.0928. The molecule has 0 aliphatic carbocycles. The third-order valence-electron chi connectivity index (χ3n) is 3.92. The van der Waals surface area contributed by atoms with Crippen LogP contribution in [0.2, 0.25) is 0 Å². The first kappa shape index (κ1) is 16.1. The number of aliphatic hydroxyl groups excluding tert-OH is 1. The molecule has 8 heteroatoms. The van der Waals surface area contributed by atoms with Crippen LogP contribution in [0.1, 0.15) is 6.42 Å². The van der Waals surface area contributed by atoms with Crippen molar-refractivity contribution in [2.75, 3.05) is 24.7 Å². The van der Waals surface area contributed by atoms with Gasteiger partial charge in [-0.05, 0) is 36.4 Å². The zero-order chi connectivity index (χ0) is 16.4. The molecule has 1 spiro atoms. The van der Waals surface area contributed by atoms with Gasteiger partial charge in [-0.3, -0.25) is 9.69 Å². The molecular formula is C15H17FN2O4S. The second kappa shape index (κ2) is 6.37. The Bertz CT molecular complexity index is 604. The average molecular weight is 340 g/mol. The van der Waals surface area contributed by atoms with Gasteiger partial charge < -0.3 is 15.2 Å². The number of carbonyl (C=O) groups excluding carboxylic acids is 2. The maximum atomic E-state index is 12.8. The molecule has 0 aromatic heterocycles. The van der Waals surface area contributed by atoms with Crippen molar-refractivity contribution in [1.82, 2.24) is 10.2 Å². The Balaban J connectivity index is 1.55. The Morgan fingerprint density at radius 1 is 1.39 bits per heavy atom. The monoisotopic (exact) mass is 340 g/mol. The molecule has 2 heterocycles.